The zero-order valence-electron chi connectivity index (χ0n) is 8.87. The Morgan fingerprint density at radius 2 is 1.76 bits per heavy atom. The van der Waals surface area contributed by atoms with E-state index < -0.39 is 5.97 Å². The highest BCUT2D eigenvalue weighted by Crippen LogP contribution is 2.18. The summed E-state index contributed by atoms with van der Waals surface area (Å²) in [6.07, 6.45) is 0.409. The molecule has 0 saturated carbocycles. The van der Waals surface area contributed by atoms with E-state index in [4.69, 9.17) is 28.3 Å². The van der Waals surface area contributed by atoms with Crippen LogP contribution in [0.4, 0.5) is 0 Å². The van der Waals surface area contributed by atoms with E-state index in [1.807, 2.05) is 0 Å². The van der Waals surface area contributed by atoms with Crippen molar-refractivity contribution in [1.82, 2.24) is 5.32 Å². The first-order chi connectivity index (χ1) is 7.99. The second-order valence-electron chi connectivity index (χ2n) is 3.41. The number of hydrogen-bond acceptors (Lipinski definition) is 2. The fourth-order valence-corrected chi connectivity index (χ4v) is 1.75. The molecule has 0 aromatic heterocycles. The molecular weight excluding hydrogens is 265 g/mol. The Balaban J connectivity index is 2.49. The van der Waals surface area contributed by atoms with Crippen LogP contribution in [-0.2, 0) is 4.79 Å². The smallest absolute Gasteiger partial charge is 0.303 e. The highest BCUT2D eigenvalue weighted by atomic mass is 35.5. The minimum atomic E-state index is -0.884. The lowest BCUT2D eigenvalue weighted by molar-refractivity contribution is -0.137. The van der Waals surface area contributed by atoms with Crippen LogP contribution in [0, 0.1) is 0 Å². The van der Waals surface area contributed by atoms with E-state index >= 15 is 0 Å². The van der Waals surface area contributed by atoms with E-state index in [0.29, 0.717) is 28.6 Å². The van der Waals surface area contributed by atoms with Gasteiger partial charge in [0, 0.05) is 28.6 Å². The molecule has 0 unspecified atom stereocenters. The van der Waals surface area contributed by atoms with Crippen molar-refractivity contribution in [3.8, 4) is 0 Å². The number of benzene rings is 1. The van der Waals surface area contributed by atoms with Crippen molar-refractivity contribution in [2.24, 2.45) is 0 Å². The highest BCUT2D eigenvalue weighted by Gasteiger charge is 2.07. The number of halogens is 2. The zero-order valence-corrected chi connectivity index (χ0v) is 10.4. The number of rotatable bonds is 5. The Kier molecular flexibility index (Phi) is 5.25. The normalized spacial score (nSPS) is 10.0. The number of aliphatic carboxylic acids is 1. The molecule has 17 heavy (non-hydrogen) atoms. The molecule has 0 radical (unpaired) electrons. The molecule has 0 aliphatic carbocycles. The van der Waals surface area contributed by atoms with Gasteiger partial charge in [0.2, 0.25) is 0 Å². The standard InChI is InChI=1S/C11H11Cl2NO3/c12-8-4-7(5-9(13)6-8)11(17)14-3-1-2-10(15)16/h4-6H,1-3H2,(H,14,17)(H,15,16). The Morgan fingerprint density at radius 1 is 1.18 bits per heavy atom. The largest absolute Gasteiger partial charge is 0.481 e. The van der Waals surface area contributed by atoms with Crippen LogP contribution in [0.5, 0.6) is 0 Å². The minimum Gasteiger partial charge on any atom is -0.481 e. The van der Waals surface area contributed by atoms with Gasteiger partial charge in [-0.15, -0.1) is 0 Å². The summed E-state index contributed by atoms with van der Waals surface area (Å²) in [7, 11) is 0. The lowest BCUT2D eigenvalue weighted by Gasteiger charge is -2.05. The summed E-state index contributed by atoms with van der Waals surface area (Å²) < 4.78 is 0. The molecule has 0 atom stereocenters. The third kappa shape index (κ3) is 5.06. The van der Waals surface area contributed by atoms with Gasteiger partial charge in [0.25, 0.3) is 5.91 Å². The molecule has 0 bridgehead atoms. The summed E-state index contributed by atoms with van der Waals surface area (Å²) in [5.74, 6) is -1.20. The molecule has 0 saturated heterocycles. The monoisotopic (exact) mass is 275 g/mol. The first-order valence-electron chi connectivity index (χ1n) is 4.95. The summed E-state index contributed by atoms with van der Waals surface area (Å²) in [6.45, 7) is 0.301. The van der Waals surface area contributed by atoms with Crippen molar-refractivity contribution in [2.45, 2.75) is 12.8 Å². The van der Waals surface area contributed by atoms with E-state index in [1.165, 1.54) is 18.2 Å². The topological polar surface area (TPSA) is 66.4 Å². The lowest BCUT2D eigenvalue weighted by Crippen LogP contribution is -2.24. The van der Waals surface area contributed by atoms with Crippen molar-refractivity contribution in [3.05, 3.63) is 33.8 Å². The molecule has 6 heteroatoms. The van der Waals surface area contributed by atoms with Crippen LogP contribution in [0.2, 0.25) is 10.0 Å². The number of amides is 1. The van der Waals surface area contributed by atoms with E-state index in [2.05, 4.69) is 5.32 Å². The number of carbonyl (C=O) groups is 2. The van der Waals surface area contributed by atoms with Gasteiger partial charge in [0.1, 0.15) is 0 Å². The Morgan fingerprint density at radius 3 is 2.29 bits per heavy atom. The summed E-state index contributed by atoms with van der Waals surface area (Å²) >= 11 is 11.5. The summed E-state index contributed by atoms with van der Waals surface area (Å²) in [5.41, 5.74) is 0.359. The number of hydrogen-bond donors (Lipinski definition) is 2. The number of carboxylic acids is 1. The Labute approximate surface area is 109 Å². The van der Waals surface area contributed by atoms with Gasteiger partial charge in [-0.05, 0) is 24.6 Å². The molecule has 1 aromatic carbocycles. The molecule has 0 aliphatic rings. The molecular formula is C11H11Cl2NO3. The van der Waals surface area contributed by atoms with Gasteiger partial charge < -0.3 is 10.4 Å². The maximum atomic E-state index is 11.6. The average Bonchev–Trinajstić information content (AvgIpc) is 2.22. The fraction of sp³-hybridized carbons (Fsp3) is 0.273. The van der Waals surface area contributed by atoms with Gasteiger partial charge in [0.05, 0.1) is 0 Å². The van der Waals surface area contributed by atoms with Crippen LogP contribution < -0.4 is 5.32 Å². The molecule has 1 aromatic rings. The van der Waals surface area contributed by atoms with Crippen LogP contribution in [0.25, 0.3) is 0 Å². The van der Waals surface area contributed by atoms with Gasteiger partial charge in [0.15, 0.2) is 0 Å². The van der Waals surface area contributed by atoms with Crippen LogP contribution in [-0.4, -0.2) is 23.5 Å². The molecule has 1 rings (SSSR count). The molecule has 0 fully saturated rings. The first-order valence-corrected chi connectivity index (χ1v) is 5.70. The van der Waals surface area contributed by atoms with Crippen molar-refractivity contribution >= 4 is 35.1 Å². The lowest BCUT2D eigenvalue weighted by atomic mass is 10.2. The average molecular weight is 276 g/mol. The zero-order chi connectivity index (χ0) is 12.8. The Bertz CT molecular complexity index is 414. The quantitative estimate of drug-likeness (QED) is 0.812. The molecule has 92 valence electrons. The minimum absolute atomic E-state index is 0.0244. The van der Waals surface area contributed by atoms with E-state index in [0.717, 1.165) is 0 Å². The third-order valence-corrected chi connectivity index (χ3v) is 2.41. The maximum Gasteiger partial charge on any atom is 0.303 e. The predicted octanol–water partition coefficient (Wildman–Crippen LogP) is 2.59. The maximum absolute atomic E-state index is 11.6. The molecule has 1 amide bonds. The van der Waals surface area contributed by atoms with Crippen LogP contribution in [0.1, 0.15) is 23.2 Å². The van der Waals surface area contributed by atoms with Crippen LogP contribution >= 0.6 is 23.2 Å². The van der Waals surface area contributed by atoms with Gasteiger partial charge in [-0.1, -0.05) is 23.2 Å². The molecule has 4 nitrogen and oxygen atoms in total. The summed E-state index contributed by atoms with van der Waals surface area (Å²) in [6, 6.07) is 4.53. The molecule has 0 aliphatic heterocycles. The highest BCUT2D eigenvalue weighted by molar-refractivity contribution is 6.35. The fourth-order valence-electron chi connectivity index (χ4n) is 1.23. The van der Waals surface area contributed by atoms with Crippen LogP contribution in [0.3, 0.4) is 0 Å². The second kappa shape index (κ2) is 6.47. The molecule has 0 spiro atoms. The first kappa shape index (κ1) is 13.8. The van der Waals surface area contributed by atoms with Crippen molar-refractivity contribution in [2.75, 3.05) is 6.54 Å². The predicted molar refractivity (Wildman–Crippen MR) is 65.7 cm³/mol. The Hall–Kier alpha value is -1.26. The summed E-state index contributed by atoms with van der Waals surface area (Å²) in [4.78, 5) is 21.9. The van der Waals surface area contributed by atoms with E-state index in [-0.39, 0.29) is 12.3 Å². The van der Waals surface area contributed by atoms with Gasteiger partial charge in [-0.25, -0.2) is 0 Å². The van der Waals surface area contributed by atoms with Crippen molar-refractivity contribution < 1.29 is 14.7 Å². The van der Waals surface area contributed by atoms with Crippen LogP contribution in [0.15, 0.2) is 18.2 Å². The number of carboxylic acid groups (broad SMARTS) is 1. The summed E-state index contributed by atoms with van der Waals surface area (Å²) in [5, 5.41) is 11.8. The van der Waals surface area contributed by atoms with E-state index in [1.54, 1.807) is 0 Å². The number of nitrogens with one attached hydrogen (secondary N) is 1. The van der Waals surface area contributed by atoms with Gasteiger partial charge in [-0.2, -0.15) is 0 Å². The molecule has 2 N–H and O–H groups in total. The van der Waals surface area contributed by atoms with Crippen molar-refractivity contribution in [3.63, 3.8) is 0 Å². The van der Waals surface area contributed by atoms with E-state index in [9.17, 15) is 9.59 Å². The second-order valence-corrected chi connectivity index (χ2v) is 4.28. The molecule has 0 heterocycles. The van der Waals surface area contributed by atoms with Crippen molar-refractivity contribution in [1.29, 1.82) is 0 Å². The van der Waals surface area contributed by atoms with Gasteiger partial charge >= 0.3 is 5.97 Å². The SMILES string of the molecule is O=C(O)CCCNC(=O)c1cc(Cl)cc(Cl)c1. The van der Waals surface area contributed by atoms with Gasteiger partial charge in [-0.3, -0.25) is 9.59 Å². The third-order valence-electron chi connectivity index (χ3n) is 1.98. The number of carbonyl (C=O) groups excluding carboxylic acids is 1.